The first-order chi connectivity index (χ1) is 15.1. The molecule has 0 amide bonds. The lowest BCUT2D eigenvalue weighted by molar-refractivity contribution is -0.137. The number of hydrogen-bond donors (Lipinski definition) is 0. The van der Waals surface area contributed by atoms with Gasteiger partial charge in [-0.25, -0.2) is 0 Å². The van der Waals surface area contributed by atoms with Gasteiger partial charge in [-0.15, -0.1) is 0 Å². The second-order valence-corrected chi connectivity index (χ2v) is 8.06. The number of ether oxygens (including phenoxy) is 3. The highest BCUT2D eigenvalue weighted by Crippen LogP contribution is 2.38. The highest BCUT2D eigenvalue weighted by molar-refractivity contribution is 5.77. The lowest BCUT2D eigenvalue weighted by atomic mass is 10.1. The summed E-state index contributed by atoms with van der Waals surface area (Å²) >= 11 is 0. The fourth-order valence-electron chi connectivity index (χ4n) is 3.23. The van der Waals surface area contributed by atoms with Crippen LogP contribution in [0.3, 0.4) is 0 Å². The van der Waals surface area contributed by atoms with E-state index in [2.05, 4.69) is 20.8 Å². The van der Waals surface area contributed by atoms with E-state index in [9.17, 15) is 9.59 Å². The van der Waals surface area contributed by atoms with Gasteiger partial charge in [0.2, 0.25) is 5.75 Å². The Balaban J connectivity index is 2.76. The summed E-state index contributed by atoms with van der Waals surface area (Å²) in [5.74, 6) is 0.290. The predicted molar refractivity (Wildman–Crippen MR) is 125 cm³/mol. The Kier molecular flexibility index (Phi) is 15.3. The zero-order valence-corrected chi connectivity index (χ0v) is 19.9. The second-order valence-electron chi connectivity index (χ2n) is 8.06. The molecule has 0 spiro atoms. The summed E-state index contributed by atoms with van der Waals surface area (Å²) < 4.78 is 17.1. The zero-order chi connectivity index (χ0) is 22.7. The van der Waals surface area contributed by atoms with E-state index < -0.39 is 0 Å². The highest BCUT2D eigenvalue weighted by Gasteiger charge is 2.19. The molecule has 1 aromatic rings. The van der Waals surface area contributed by atoms with Crippen molar-refractivity contribution in [1.82, 2.24) is 0 Å². The Morgan fingerprint density at radius 1 is 0.645 bits per heavy atom. The van der Waals surface area contributed by atoms with Gasteiger partial charge in [0.25, 0.3) is 0 Å². The maximum atomic E-state index is 12.3. The molecule has 0 bridgehead atoms. The molecule has 0 atom stereocenters. The van der Waals surface area contributed by atoms with Crippen LogP contribution in [0.1, 0.15) is 111 Å². The van der Waals surface area contributed by atoms with Crippen molar-refractivity contribution in [3.8, 4) is 17.2 Å². The van der Waals surface area contributed by atoms with Crippen LogP contribution < -0.4 is 14.2 Å². The monoisotopic (exact) mass is 434 g/mol. The lowest BCUT2D eigenvalue weighted by Crippen LogP contribution is -2.13. The summed E-state index contributed by atoms with van der Waals surface area (Å²) in [6.07, 6.45) is 13.3. The Morgan fingerprint density at radius 2 is 1.16 bits per heavy atom. The number of carbonyl (C=O) groups is 2. The maximum absolute atomic E-state index is 12.3. The van der Waals surface area contributed by atoms with E-state index in [1.807, 2.05) is 0 Å². The van der Waals surface area contributed by atoms with Gasteiger partial charge in [0.15, 0.2) is 11.5 Å². The molecule has 0 fully saturated rings. The Morgan fingerprint density at radius 3 is 1.81 bits per heavy atom. The van der Waals surface area contributed by atoms with Gasteiger partial charge in [-0.1, -0.05) is 84.6 Å². The molecule has 0 saturated heterocycles. The molecule has 0 saturated carbocycles. The molecule has 176 valence electrons. The first-order valence-electron chi connectivity index (χ1n) is 12.3. The van der Waals surface area contributed by atoms with Gasteiger partial charge in [-0.3, -0.25) is 9.59 Å². The van der Waals surface area contributed by atoms with Gasteiger partial charge in [-0.2, -0.15) is 0 Å². The summed E-state index contributed by atoms with van der Waals surface area (Å²) in [5.41, 5.74) is 0. The standard InChI is InChI=1S/C26H42O5/c1-4-7-10-11-12-15-21-29-22-17-16-18-23(30-24(27)19-13-8-5-2)26(22)31-25(28)20-14-9-6-3/h16-18H,4-15,19-21H2,1-3H3. The summed E-state index contributed by atoms with van der Waals surface area (Å²) in [6, 6.07) is 5.18. The number of carbonyl (C=O) groups excluding carboxylic acids is 2. The van der Waals surface area contributed by atoms with Crippen molar-refractivity contribution in [2.45, 2.75) is 111 Å². The number of para-hydroxylation sites is 1. The molecule has 0 aliphatic carbocycles. The van der Waals surface area contributed by atoms with Crippen LogP contribution >= 0.6 is 0 Å². The minimum Gasteiger partial charge on any atom is -0.490 e. The minimum absolute atomic E-state index is 0.221. The topological polar surface area (TPSA) is 61.8 Å². The molecule has 0 unspecified atom stereocenters. The molecular formula is C26H42O5. The molecule has 5 nitrogen and oxygen atoms in total. The van der Waals surface area contributed by atoms with Crippen molar-refractivity contribution in [3.63, 3.8) is 0 Å². The van der Waals surface area contributed by atoms with E-state index in [4.69, 9.17) is 14.2 Å². The van der Waals surface area contributed by atoms with Gasteiger partial charge in [0, 0.05) is 12.8 Å². The third-order valence-electron chi connectivity index (χ3n) is 5.11. The van der Waals surface area contributed by atoms with E-state index in [1.54, 1.807) is 18.2 Å². The second kappa shape index (κ2) is 17.6. The largest absolute Gasteiger partial charge is 0.490 e. The molecule has 0 heterocycles. The molecule has 1 aromatic carbocycles. The predicted octanol–water partition coefficient (Wildman–Crippen LogP) is 7.40. The molecule has 0 N–H and O–H groups in total. The molecule has 0 aliphatic heterocycles. The van der Waals surface area contributed by atoms with Crippen LogP contribution in [0, 0.1) is 0 Å². The lowest BCUT2D eigenvalue weighted by Gasteiger charge is -2.15. The first-order valence-corrected chi connectivity index (χ1v) is 12.3. The molecule has 0 aromatic heterocycles. The van der Waals surface area contributed by atoms with Crippen molar-refractivity contribution < 1.29 is 23.8 Å². The van der Waals surface area contributed by atoms with Gasteiger partial charge in [-0.05, 0) is 31.4 Å². The molecule has 0 aliphatic rings. The normalized spacial score (nSPS) is 10.7. The van der Waals surface area contributed by atoms with Crippen LogP contribution in [0.15, 0.2) is 18.2 Å². The van der Waals surface area contributed by atoms with E-state index in [0.717, 1.165) is 51.4 Å². The van der Waals surface area contributed by atoms with E-state index in [1.165, 1.54) is 25.7 Å². The van der Waals surface area contributed by atoms with Crippen LogP contribution in [-0.2, 0) is 9.59 Å². The van der Waals surface area contributed by atoms with Crippen LogP contribution in [0.5, 0.6) is 17.2 Å². The van der Waals surface area contributed by atoms with Crippen molar-refractivity contribution >= 4 is 11.9 Å². The summed E-state index contributed by atoms with van der Waals surface area (Å²) in [6.45, 7) is 6.93. The average Bonchev–Trinajstić information content (AvgIpc) is 2.75. The third kappa shape index (κ3) is 12.4. The van der Waals surface area contributed by atoms with Crippen molar-refractivity contribution in [2.75, 3.05) is 6.61 Å². The van der Waals surface area contributed by atoms with Crippen molar-refractivity contribution in [3.05, 3.63) is 18.2 Å². The van der Waals surface area contributed by atoms with Gasteiger partial charge < -0.3 is 14.2 Å². The Labute approximate surface area is 188 Å². The fourth-order valence-corrected chi connectivity index (χ4v) is 3.23. The minimum atomic E-state index is -0.327. The third-order valence-corrected chi connectivity index (χ3v) is 5.11. The van der Waals surface area contributed by atoms with Gasteiger partial charge in [0.05, 0.1) is 6.61 Å². The van der Waals surface area contributed by atoms with Crippen molar-refractivity contribution in [2.24, 2.45) is 0 Å². The summed E-state index contributed by atoms with van der Waals surface area (Å²) in [7, 11) is 0. The summed E-state index contributed by atoms with van der Waals surface area (Å²) in [5, 5.41) is 0. The van der Waals surface area contributed by atoms with Gasteiger partial charge in [0.1, 0.15) is 0 Å². The summed E-state index contributed by atoms with van der Waals surface area (Å²) in [4.78, 5) is 24.6. The fraction of sp³-hybridized carbons (Fsp3) is 0.692. The van der Waals surface area contributed by atoms with Crippen LogP contribution in [0.2, 0.25) is 0 Å². The number of hydrogen-bond acceptors (Lipinski definition) is 5. The molecular weight excluding hydrogens is 392 g/mol. The zero-order valence-electron chi connectivity index (χ0n) is 19.9. The Hall–Kier alpha value is -2.04. The van der Waals surface area contributed by atoms with Gasteiger partial charge >= 0.3 is 11.9 Å². The SMILES string of the molecule is CCCCCCCCOc1cccc(OC(=O)CCCCC)c1OC(=O)CCCCC. The quantitative estimate of drug-likeness (QED) is 0.137. The first kappa shape index (κ1) is 27.0. The highest BCUT2D eigenvalue weighted by atomic mass is 16.6. The number of unbranched alkanes of at least 4 members (excludes halogenated alkanes) is 9. The van der Waals surface area contributed by atoms with Crippen molar-refractivity contribution in [1.29, 1.82) is 0 Å². The van der Waals surface area contributed by atoms with E-state index >= 15 is 0 Å². The number of benzene rings is 1. The van der Waals surface area contributed by atoms with Crippen LogP contribution in [0.4, 0.5) is 0 Å². The number of esters is 2. The molecule has 0 radical (unpaired) electrons. The number of rotatable bonds is 18. The molecule has 1 rings (SSSR count). The van der Waals surface area contributed by atoms with E-state index in [0.29, 0.717) is 25.2 Å². The Bertz CT molecular complexity index is 626. The maximum Gasteiger partial charge on any atom is 0.311 e. The smallest absolute Gasteiger partial charge is 0.311 e. The average molecular weight is 435 g/mol. The van der Waals surface area contributed by atoms with Crippen LogP contribution in [0.25, 0.3) is 0 Å². The molecule has 31 heavy (non-hydrogen) atoms. The van der Waals surface area contributed by atoms with E-state index in [-0.39, 0.29) is 23.4 Å². The molecule has 5 heteroatoms. The van der Waals surface area contributed by atoms with Crippen LogP contribution in [-0.4, -0.2) is 18.5 Å².